The smallest absolute Gasteiger partial charge is 0.226 e. The second-order valence-electron chi connectivity index (χ2n) is 5.83. The number of carbonyl (C=O) groups excluding carboxylic acids is 1. The number of carbonyl (C=O) groups is 1. The van der Waals surface area contributed by atoms with Crippen LogP contribution in [0.3, 0.4) is 0 Å². The Balaban J connectivity index is 1.58. The minimum Gasteiger partial charge on any atom is -0.302 e. The van der Waals surface area contributed by atoms with Gasteiger partial charge in [-0.1, -0.05) is 12.1 Å². The van der Waals surface area contributed by atoms with Gasteiger partial charge in [0, 0.05) is 23.2 Å². The molecule has 0 aliphatic carbocycles. The first kappa shape index (κ1) is 16.4. The van der Waals surface area contributed by atoms with Crippen molar-refractivity contribution in [1.82, 2.24) is 14.8 Å². The zero-order chi connectivity index (χ0) is 17.1. The average Bonchev–Trinajstić information content (AvgIpc) is 3.10. The Labute approximate surface area is 145 Å². The van der Waals surface area contributed by atoms with E-state index in [1.165, 1.54) is 11.3 Å². The van der Waals surface area contributed by atoms with E-state index in [0.29, 0.717) is 18.0 Å². The molecule has 1 amide bonds. The van der Waals surface area contributed by atoms with Crippen LogP contribution in [0.25, 0.3) is 5.69 Å². The van der Waals surface area contributed by atoms with Crippen molar-refractivity contribution in [2.24, 2.45) is 0 Å². The first-order valence-corrected chi connectivity index (χ1v) is 8.68. The molecule has 1 aromatic carbocycles. The molecular weight excluding hydrogens is 320 g/mol. The molecule has 0 atom stereocenters. The van der Waals surface area contributed by atoms with Gasteiger partial charge in [-0.3, -0.25) is 4.79 Å². The quantitative estimate of drug-likeness (QED) is 0.768. The molecule has 0 fully saturated rings. The van der Waals surface area contributed by atoms with E-state index in [9.17, 15) is 4.79 Å². The van der Waals surface area contributed by atoms with Crippen molar-refractivity contribution in [1.29, 1.82) is 0 Å². The summed E-state index contributed by atoms with van der Waals surface area (Å²) < 4.78 is 1.93. The molecule has 0 spiro atoms. The number of hydrogen-bond donors (Lipinski definition) is 1. The summed E-state index contributed by atoms with van der Waals surface area (Å²) in [7, 11) is 0. The molecule has 1 N–H and O–H groups in total. The molecule has 6 heteroatoms. The van der Waals surface area contributed by atoms with Gasteiger partial charge < -0.3 is 5.32 Å². The Kier molecular flexibility index (Phi) is 4.76. The molecule has 0 saturated heterocycles. The van der Waals surface area contributed by atoms with Crippen LogP contribution in [0.4, 0.5) is 5.13 Å². The van der Waals surface area contributed by atoms with Crippen LogP contribution in [-0.2, 0) is 11.2 Å². The summed E-state index contributed by atoms with van der Waals surface area (Å²) in [6.45, 7) is 6.00. The number of amides is 1. The molecule has 0 bridgehead atoms. The first-order valence-electron chi connectivity index (χ1n) is 7.86. The lowest BCUT2D eigenvalue weighted by Gasteiger charge is -2.06. The number of benzene rings is 1. The standard InChI is InChI=1S/C18H20N4OS/c1-12-10-13(2)22(21-12)16-7-4-15(5-8-16)6-9-17(23)20-18-19-11-14(3)24-18/h4-5,7-8,10-11H,6,9H2,1-3H3,(H,19,20,23). The van der Waals surface area contributed by atoms with Gasteiger partial charge in [0.15, 0.2) is 5.13 Å². The number of nitrogens with zero attached hydrogens (tertiary/aromatic N) is 3. The Morgan fingerprint density at radius 3 is 2.54 bits per heavy atom. The topological polar surface area (TPSA) is 59.8 Å². The molecule has 2 aromatic heterocycles. The SMILES string of the molecule is Cc1cc(C)n(-c2ccc(CCC(=O)Nc3ncc(C)s3)cc2)n1. The molecule has 0 unspecified atom stereocenters. The summed E-state index contributed by atoms with van der Waals surface area (Å²) in [5.74, 6) is -0.00743. The van der Waals surface area contributed by atoms with Crippen molar-refractivity contribution >= 4 is 22.4 Å². The monoisotopic (exact) mass is 340 g/mol. The maximum Gasteiger partial charge on any atom is 0.226 e. The van der Waals surface area contributed by atoms with Gasteiger partial charge in [-0.05, 0) is 51.0 Å². The van der Waals surface area contributed by atoms with Crippen LogP contribution in [-0.4, -0.2) is 20.7 Å². The highest BCUT2D eigenvalue weighted by Crippen LogP contribution is 2.17. The van der Waals surface area contributed by atoms with E-state index >= 15 is 0 Å². The van der Waals surface area contributed by atoms with Gasteiger partial charge in [-0.15, -0.1) is 11.3 Å². The molecule has 124 valence electrons. The number of anilines is 1. The van der Waals surface area contributed by atoms with Gasteiger partial charge in [-0.25, -0.2) is 9.67 Å². The normalized spacial score (nSPS) is 10.8. The summed E-state index contributed by atoms with van der Waals surface area (Å²) in [5, 5.41) is 7.98. The number of rotatable bonds is 5. The Hall–Kier alpha value is -2.47. The number of aromatic nitrogens is 3. The van der Waals surface area contributed by atoms with Gasteiger partial charge >= 0.3 is 0 Å². The molecule has 0 saturated carbocycles. The second-order valence-corrected chi connectivity index (χ2v) is 7.06. The van der Waals surface area contributed by atoms with Crippen molar-refractivity contribution in [3.63, 3.8) is 0 Å². The lowest BCUT2D eigenvalue weighted by atomic mass is 10.1. The predicted molar refractivity (Wildman–Crippen MR) is 96.8 cm³/mol. The number of thiazole rings is 1. The van der Waals surface area contributed by atoms with E-state index in [1.807, 2.05) is 49.7 Å². The van der Waals surface area contributed by atoms with E-state index in [4.69, 9.17) is 0 Å². The molecule has 0 aliphatic rings. The minimum absolute atomic E-state index is 0.00743. The lowest BCUT2D eigenvalue weighted by molar-refractivity contribution is -0.116. The maximum atomic E-state index is 12.0. The van der Waals surface area contributed by atoms with Crippen LogP contribution in [0.1, 0.15) is 28.2 Å². The van der Waals surface area contributed by atoms with E-state index in [0.717, 1.165) is 27.5 Å². The zero-order valence-electron chi connectivity index (χ0n) is 14.0. The van der Waals surface area contributed by atoms with Crippen LogP contribution in [0.2, 0.25) is 0 Å². The maximum absolute atomic E-state index is 12.0. The fourth-order valence-corrected chi connectivity index (χ4v) is 3.23. The molecule has 3 aromatic rings. The highest BCUT2D eigenvalue weighted by Gasteiger charge is 2.07. The van der Waals surface area contributed by atoms with Crippen LogP contribution in [0.5, 0.6) is 0 Å². The Morgan fingerprint density at radius 2 is 1.96 bits per heavy atom. The molecule has 0 radical (unpaired) electrons. The zero-order valence-corrected chi connectivity index (χ0v) is 14.9. The molecule has 3 rings (SSSR count). The van der Waals surface area contributed by atoms with Gasteiger partial charge in [0.2, 0.25) is 5.91 Å². The summed E-state index contributed by atoms with van der Waals surface area (Å²) in [5.41, 5.74) is 4.28. The third-order valence-corrected chi connectivity index (χ3v) is 4.53. The number of nitrogens with one attached hydrogen (secondary N) is 1. The van der Waals surface area contributed by atoms with Crippen molar-refractivity contribution < 1.29 is 4.79 Å². The van der Waals surface area contributed by atoms with Gasteiger partial charge in [0.1, 0.15) is 0 Å². The summed E-state index contributed by atoms with van der Waals surface area (Å²) in [4.78, 5) is 17.2. The number of aryl methyl sites for hydroxylation is 4. The summed E-state index contributed by atoms with van der Waals surface area (Å²) >= 11 is 1.49. The summed E-state index contributed by atoms with van der Waals surface area (Å²) in [6, 6.07) is 10.2. The number of hydrogen-bond acceptors (Lipinski definition) is 4. The van der Waals surface area contributed by atoms with Crippen LogP contribution >= 0.6 is 11.3 Å². The van der Waals surface area contributed by atoms with Crippen molar-refractivity contribution in [3.05, 3.63) is 58.4 Å². The Bertz CT molecular complexity index is 848. The largest absolute Gasteiger partial charge is 0.302 e. The van der Waals surface area contributed by atoms with Crippen molar-refractivity contribution in [2.45, 2.75) is 33.6 Å². The van der Waals surface area contributed by atoms with Crippen molar-refractivity contribution in [2.75, 3.05) is 5.32 Å². The predicted octanol–water partition coefficient (Wildman–Crippen LogP) is 3.83. The lowest BCUT2D eigenvalue weighted by Crippen LogP contribution is -2.12. The minimum atomic E-state index is -0.00743. The third kappa shape index (κ3) is 3.89. The van der Waals surface area contributed by atoms with Gasteiger partial charge in [0.25, 0.3) is 0 Å². The van der Waals surface area contributed by atoms with Gasteiger partial charge in [-0.2, -0.15) is 5.10 Å². The molecule has 24 heavy (non-hydrogen) atoms. The molecular formula is C18H20N4OS. The van der Waals surface area contributed by atoms with Crippen molar-refractivity contribution in [3.8, 4) is 5.69 Å². The summed E-state index contributed by atoms with van der Waals surface area (Å²) in [6.07, 6.45) is 2.91. The molecule has 2 heterocycles. The fourth-order valence-electron chi connectivity index (χ4n) is 2.55. The second kappa shape index (κ2) is 6.97. The van der Waals surface area contributed by atoms with E-state index in [2.05, 4.69) is 21.5 Å². The van der Waals surface area contributed by atoms with Gasteiger partial charge in [0.05, 0.1) is 11.4 Å². The van der Waals surface area contributed by atoms with Crippen LogP contribution in [0.15, 0.2) is 36.5 Å². The fraction of sp³-hybridized carbons (Fsp3) is 0.278. The van der Waals surface area contributed by atoms with Crippen LogP contribution < -0.4 is 5.32 Å². The first-order chi connectivity index (χ1) is 11.5. The molecule has 0 aliphatic heterocycles. The highest BCUT2D eigenvalue weighted by molar-refractivity contribution is 7.15. The average molecular weight is 340 g/mol. The molecule has 5 nitrogen and oxygen atoms in total. The van der Waals surface area contributed by atoms with E-state index in [1.54, 1.807) is 6.20 Å². The Morgan fingerprint density at radius 1 is 1.21 bits per heavy atom. The van der Waals surface area contributed by atoms with E-state index in [-0.39, 0.29) is 5.91 Å². The highest BCUT2D eigenvalue weighted by atomic mass is 32.1. The third-order valence-electron chi connectivity index (χ3n) is 3.70. The van der Waals surface area contributed by atoms with Crippen LogP contribution in [0, 0.1) is 20.8 Å². The van der Waals surface area contributed by atoms with E-state index < -0.39 is 0 Å².